The smallest absolute Gasteiger partial charge is 0.223 e. The Morgan fingerprint density at radius 2 is 1.82 bits per heavy atom. The van der Waals surface area contributed by atoms with E-state index >= 15 is 0 Å². The molecule has 0 aliphatic carbocycles. The molecule has 1 aromatic carbocycles. The van der Waals surface area contributed by atoms with Gasteiger partial charge in [0.05, 0.1) is 0 Å². The van der Waals surface area contributed by atoms with Crippen molar-refractivity contribution >= 4 is 18.0 Å². The van der Waals surface area contributed by atoms with E-state index in [1.54, 1.807) is 25.2 Å². The van der Waals surface area contributed by atoms with Gasteiger partial charge in [-0.25, -0.2) is 4.99 Å². The average molecular weight is 231 g/mol. The van der Waals surface area contributed by atoms with Crippen molar-refractivity contribution in [2.24, 2.45) is 21.5 Å². The van der Waals surface area contributed by atoms with Gasteiger partial charge < -0.3 is 16.4 Å². The number of guanidine groups is 2. The van der Waals surface area contributed by atoms with Crippen LogP contribution in [0.3, 0.4) is 0 Å². The molecule has 4 N–H and O–H groups in total. The third-order valence-electron chi connectivity index (χ3n) is 1.96. The number of hydrogen-bond donors (Lipinski definition) is 2. The lowest BCUT2D eigenvalue weighted by Gasteiger charge is -2.09. The van der Waals surface area contributed by atoms with Gasteiger partial charge in [0, 0.05) is 20.3 Å². The second kappa shape index (κ2) is 6.32. The standard InChI is InChI=1S/C12H17N5/c1-17(2)12(14)16-11(13)15-9-8-10-6-4-3-5-7-10/h3-9H,1-2H3,(H4,13,14,15,16). The van der Waals surface area contributed by atoms with Crippen LogP contribution in [0, 0.1) is 0 Å². The third-order valence-corrected chi connectivity index (χ3v) is 1.96. The highest BCUT2D eigenvalue weighted by molar-refractivity contribution is 5.93. The minimum atomic E-state index is 0.128. The highest BCUT2D eigenvalue weighted by Crippen LogP contribution is 2.00. The summed E-state index contributed by atoms with van der Waals surface area (Å²) in [7, 11) is 3.57. The molecule has 5 nitrogen and oxygen atoms in total. The van der Waals surface area contributed by atoms with Crippen molar-refractivity contribution in [3.05, 3.63) is 42.1 Å². The normalized spacial score (nSPS) is 13.1. The SMILES string of the molecule is CN(C)C(N)=NC(N)=NC=Cc1ccccc1. The highest BCUT2D eigenvalue weighted by atomic mass is 15.2. The Labute approximate surface area is 101 Å². The molecule has 0 aromatic heterocycles. The summed E-state index contributed by atoms with van der Waals surface area (Å²) < 4.78 is 0. The zero-order valence-electron chi connectivity index (χ0n) is 10.0. The predicted molar refractivity (Wildman–Crippen MR) is 72.4 cm³/mol. The number of benzene rings is 1. The summed E-state index contributed by atoms with van der Waals surface area (Å²) in [5, 5.41) is 0. The lowest BCUT2D eigenvalue weighted by atomic mass is 10.2. The maximum absolute atomic E-state index is 5.59. The van der Waals surface area contributed by atoms with Crippen LogP contribution in [0.4, 0.5) is 0 Å². The van der Waals surface area contributed by atoms with Crippen LogP contribution < -0.4 is 11.5 Å². The molecular formula is C12H17N5. The lowest BCUT2D eigenvalue weighted by molar-refractivity contribution is 0.615. The molecule has 0 aliphatic rings. The fourth-order valence-corrected chi connectivity index (χ4v) is 1.01. The molecule has 0 amide bonds. The molecule has 0 fully saturated rings. The van der Waals surface area contributed by atoms with Gasteiger partial charge in [-0.1, -0.05) is 30.3 Å². The van der Waals surface area contributed by atoms with E-state index < -0.39 is 0 Å². The number of nitrogens with zero attached hydrogens (tertiary/aromatic N) is 3. The van der Waals surface area contributed by atoms with E-state index in [0.717, 1.165) is 5.56 Å². The molecule has 5 heteroatoms. The Bertz CT molecular complexity index is 431. The Kier molecular flexibility index (Phi) is 4.75. The third kappa shape index (κ3) is 4.83. The zero-order chi connectivity index (χ0) is 12.7. The van der Waals surface area contributed by atoms with Crippen LogP contribution in [-0.4, -0.2) is 30.9 Å². The predicted octanol–water partition coefficient (Wildman–Crippen LogP) is 0.848. The molecular weight excluding hydrogens is 214 g/mol. The minimum Gasteiger partial charge on any atom is -0.369 e. The topological polar surface area (TPSA) is 80.0 Å². The van der Waals surface area contributed by atoms with E-state index in [9.17, 15) is 0 Å². The molecule has 0 saturated heterocycles. The summed E-state index contributed by atoms with van der Waals surface area (Å²) >= 11 is 0. The zero-order valence-corrected chi connectivity index (χ0v) is 10.0. The van der Waals surface area contributed by atoms with Crippen LogP contribution in [0.25, 0.3) is 6.08 Å². The van der Waals surface area contributed by atoms with Crippen molar-refractivity contribution in [1.29, 1.82) is 0 Å². The average Bonchev–Trinajstić information content (AvgIpc) is 2.30. The van der Waals surface area contributed by atoms with Gasteiger partial charge in [-0.15, -0.1) is 0 Å². The molecule has 90 valence electrons. The van der Waals surface area contributed by atoms with Crippen molar-refractivity contribution in [3.8, 4) is 0 Å². The summed E-state index contributed by atoms with van der Waals surface area (Å²) in [5.41, 5.74) is 12.2. The van der Waals surface area contributed by atoms with E-state index in [-0.39, 0.29) is 5.96 Å². The summed E-state index contributed by atoms with van der Waals surface area (Å²) in [4.78, 5) is 9.52. The summed E-state index contributed by atoms with van der Waals surface area (Å²) in [5.74, 6) is 0.447. The minimum absolute atomic E-state index is 0.128. The van der Waals surface area contributed by atoms with Crippen LogP contribution in [0.2, 0.25) is 0 Å². The molecule has 1 aromatic rings. The first-order valence-corrected chi connectivity index (χ1v) is 5.16. The maximum atomic E-state index is 5.59. The molecule has 17 heavy (non-hydrogen) atoms. The van der Waals surface area contributed by atoms with Gasteiger partial charge in [0.15, 0.2) is 5.96 Å². The van der Waals surface area contributed by atoms with Crippen molar-refractivity contribution < 1.29 is 0 Å². The van der Waals surface area contributed by atoms with Crippen molar-refractivity contribution in [2.45, 2.75) is 0 Å². The second-order valence-corrected chi connectivity index (χ2v) is 3.58. The van der Waals surface area contributed by atoms with Gasteiger partial charge >= 0.3 is 0 Å². The second-order valence-electron chi connectivity index (χ2n) is 3.58. The Hall–Kier alpha value is -2.30. The monoisotopic (exact) mass is 231 g/mol. The number of nitrogens with two attached hydrogens (primary N) is 2. The lowest BCUT2D eigenvalue weighted by Crippen LogP contribution is -2.32. The van der Waals surface area contributed by atoms with Crippen LogP contribution in [0.15, 0.2) is 46.5 Å². The number of aliphatic imine (C=N–C) groups is 2. The van der Waals surface area contributed by atoms with Gasteiger partial charge in [-0.2, -0.15) is 4.99 Å². The molecule has 0 bridgehead atoms. The first-order valence-electron chi connectivity index (χ1n) is 5.16. The quantitative estimate of drug-likeness (QED) is 0.585. The van der Waals surface area contributed by atoms with E-state index in [4.69, 9.17) is 11.5 Å². The van der Waals surface area contributed by atoms with Crippen LogP contribution in [0.1, 0.15) is 5.56 Å². The van der Waals surface area contributed by atoms with Gasteiger partial charge in [-0.05, 0) is 11.6 Å². The molecule has 1 rings (SSSR count). The van der Waals surface area contributed by atoms with Gasteiger partial charge in [0.1, 0.15) is 0 Å². The van der Waals surface area contributed by atoms with Crippen LogP contribution >= 0.6 is 0 Å². The fourth-order valence-electron chi connectivity index (χ4n) is 1.01. The number of hydrogen-bond acceptors (Lipinski definition) is 1. The van der Waals surface area contributed by atoms with E-state index in [1.165, 1.54) is 0 Å². The van der Waals surface area contributed by atoms with E-state index in [0.29, 0.717) is 5.96 Å². The number of rotatable bonds is 2. The molecule has 0 heterocycles. The first kappa shape index (κ1) is 12.8. The Balaban J connectivity index is 2.66. The van der Waals surface area contributed by atoms with Crippen molar-refractivity contribution in [1.82, 2.24) is 4.90 Å². The maximum Gasteiger partial charge on any atom is 0.223 e. The highest BCUT2D eigenvalue weighted by Gasteiger charge is 1.94. The van der Waals surface area contributed by atoms with Gasteiger partial charge in [0.25, 0.3) is 0 Å². The summed E-state index contributed by atoms with van der Waals surface area (Å²) in [6.07, 6.45) is 3.44. The first-order chi connectivity index (χ1) is 8.09. The van der Waals surface area contributed by atoms with Crippen molar-refractivity contribution in [3.63, 3.8) is 0 Å². The van der Waals surface area contributed by atoms with Gasteiger partial charge in [0.2, 0.25) is 5.96 Å². The molecule has 0 radical (unpaired) electrons. The van der Waals surface area contributed by atoms with E-state index in [2.05, 4.69) is 9.98 Å². The molecule has 0 saturated carbocycles. The summed E-state index contributed by atoms with van der Waals surface area (Å²) in [6, 6.07) is 9.81. The van der Waals surface area contributed by atoms with Crippen molar-refractivity contribution in [2.75, 3.05) is 14.1 Å². The fraction of sp³-hybridized carbons (Fsp3) is 0.167. The Morgan fingerprint density at radius 1 is 1.18 bits per heavy atom. The largest absolute Gasteiger partial charge is 0.369 e. The molecule has 0 unspecified atom stereocenters. The molecule has 0 aliphatic heterocycles. The molecule has 0 atom stereocenters. The van der Waals surface area contributed by atoms with Crippen LogP contribution in [-0.2, 0) is 0 Å². The van der Waals surface area contributed by atoms with Gasteiger partial charge in [-0.3, -0.25) is 0 Å². The molecule has 0 spiro atoms. The van der Waals surface area contributed by atoms with Crippen LogP contribution in [0.5, 0.6) is 0 Å². The summed E-state index contributed by atoms with van der Waals surface area (Å²) in [6.45, 7) is 0. The Morgan fingerprint density at radius 3 is 2.41 bits per heavy atom. The van der Waals surface area contributed by atoms with E-state index in [1.807, 2.05) is 36.4 Å².